The van der Waals surface area contributed by atoms with Crippen molar-refractivity contribution in [2.45, 2.75) is 38.5 Å². The van der Waals surface area contributed by atoms with Gasteiger partial charge in [-0.3, -0.25) is 14.4 Å². The first-order chi connectivity index (χ1) is 9.59. The molecule has 1 heterocycles. The highest BCUT2D eigenvalue weighted by Gasteiger charge is 2.38. The summed E-state index contributed by atoms with van der Waals surface area (Å²) in [5, 5.41) is 11.0. The fourth-order valence-electron chi connectivity index (χ4n) is 3.21. The largest absolute Gasteiger partial charge is 0.480 e. The van der Waals surface area contributed by atoms with Crippen molar-refractivity contribution in [3.8, 4) is 0 Å². The third-order valence-corrected chi connectivity index (χ3v) is 4.25. The Kier molecular flexibility index (Phi) is 4.98. The van der Waals surface area contributed by atoms with Gasteiger partial charge in [0.05, 0.1) is 0 Å². The van der Waals surface area contributed by atoms with Gasteiger partial charge in [-0.1, -0.05) is 12.8 Å². The third-order valence-electron chi connectivity index (χ3n) is 4.25. The van der Waals surface area contributed by atoms with E-state index in [4.69, 9.17) is 5.11 Å². The minimum absolute atomic E-state index is 0.0812. The molecule has 0 spiro atoms. The molecule has 2 amide bonds. The maximum atomic E-state index is 12.5. The highest BCUT2D eigenvalue weighted by Crippen LogP contribution is 2.32. The predicted octanol–water partition coefficient (Wildman–Crippen LogP) is 0.616. The average molecular weight is 282 g/mol. The molecule has 0 aromatic heterocycles. The Morgan fingerprint density at radius 2 is 1.60 bits per heavy atom. The molecule has 0 radical (unpaired) electrons. The van der Waals surface area contributed by atoms with Crippen LogP contribution in [0.2, 0.25) is 0 Å². The second kappa shape index (κ2) is 6.72. The lowest BCUT2D eigenvalue weighted by Gasteiger charge is -2.32. The Morgan fingerprint density at radius 3 is 2.20 bits per heavy atom. The van der Waals surface area contributed by atoms with E-state index < -0.39 is 5.97 Å². The predicted molar refractivity (Wildman–Crippen MR) is 71.9 cm³/mol. The van der Waals surface area contributed by atoms with Crippen LogP contribution in [0, 0.1) is 11.8 Å². The van der Waals surface area contributed by atoms with E-state index in [-0.39, 0.29) is 30.2 Å². The van der Waals surface area contributed by atoms with Crippen LogP contribution in [-0.2, 0) is 14.4 Å². The smallest absolute Gasteiger partial charge is 0.322 e. The zero-order chi connectivity index (χ0) is 14.5. The lowest BCUT2D eigenvalue weighted by molar-refractivity contribution is -0.144. The number of hydrogen-bond donors (Lipinski definition) is 2. The van der Waals surface area contributed by atoms with Gasteiger partial charge in [-0.2, -0.15) is 0 Å². The number of amides is 2. The van der Waals surface area contributed by atoms with Crippen LogP contribution in [0.3, 0.4) is 0 Å². The standard InChI is InChI=1S/C14H22N2O4/c17-12(18)9-15-13(19)10-5-1-2-6-11(10)14(20)16-7-3-4-8-16/h10-11H,1-9H2,(H,15,19)(H,17,18)/t10-,11-/m0/s1. The number of carbonyl (C=O) groups is 3. The monoisotopic (exact) mass is 282 g/mol. The fraction of sp³-hybridized carbons (Fsp3) is 0.786. The van der Waals surface area contributed by atoms with E-state index >= 15 is 0 Å². The first-order valence-corrected chi connectivity index (χ1v) is 7.38. The maximum absolute atomic E-state index is 12.5. The van der Waals surface area contributed by atoms with Crippen LogP contribution in [-0.4, -0.2) is 47.4 Å². The fourth-order valence-corrected chi connectivity index (χ4v) is 3.21. The second-order valence-electron chi connectivity index (χ2n) is 5.64. The number of likely N-dealkylation sites (tertiary alicyclic amines) is 1. The lowest BCUT2D eigenvalue weighted by atomic mass is 9.78. The van der Waals surface area contributed by atoms with E-state index in [0.717, 1.165) is 45.2 Å². The molecule has 6 nitrogen and oxygen atoms in total. The van der Waals surface area contributed by atoms with Crippen molar-refractivity contribution in [3.63, 3.8) is 0 Å². The number of nitrogens with one attached hydrogen (secondary N) is 1. The van der Waals surface area contributed by atoms with E-state index in [0.29, 0.717) is 6.42 Å². The first-order valence-electron chi connectivity index (χ1n) is 7.38. The molecule has 1 saturated heterocycles. The molecule has 1 aliphatic carbocycles. The van der Waals surface area contributed by atoms with Crippen molar-refractivity contribution in [2.75, 3.05) is 19.6 Å². The van der Waals surface area contributed by atoms with Crippen LogP contribution in [0.5, 0.6) is 0 Å². The highest BCUT2D eigenvalue weighted by molar-refractivity contribution is 5.89. The molecule has 2 aliphatic rings. The molecule has 0 aromatic rings. The van der Waals surface area contributed by atoms with Crippen molar-refractivity contribution >= 4 is 17.8 Å². The number of nitrogens with zero attached hydrogens (tertiary/aromatic N) is 1. The van der Waals surface area contributed by atoms with Gasteiger partial charge < -0.3 is 15.3 Å². The van der Waals surface area contributed by atoms with Crippen molar-refractivity contribution in [1.82, 2.24) is 10.2 Å². The summed E-state index contributed by atoms with van der Waals surface area (Å²) in [6, 6.07) is 0. The van der Waals surface area contributed by atoms with Gasteiger partial charge in [0.15, 0.2) is 0 Å². The molecule has 1 aliphatic heterocycles. The molecule has 112 valence electrons. The minimum Gasteiger partial charge on any atom is -0.480 e. The summed E-state index contributed by atoms with van der Waals surface area (Å²) in [6.07, 6.45) is 5.38. The first kappa shape index (κ1) is 14.8. The molecule has 0 bridgehead atoms. The summed E-state index contributed by atoms with van der Waals surface area (Å²) in [5.41, 5.74) is 0. The van der Waals surface area contributed by atoms with E-state index in [9.17, 15) is 14.4 Å². The van der Waals surface area contributed by atoms with Gasteiger partial charge in [-0.15, -0.1) is 0 Å². The zero-order valence-corrected chi connectivity index (χ0v) is 11.6. The van der Waals surface area contributed by atoms with Crippen LogP contribution >= 0.6 is 0 Å². The summed E-state index contributed by atoms with van der Waals surface area (Å²) >= 11 is 0. The van der Waals surface area contributed by atoms with Crippen molar-refractivity contribution in [1.29, 1.82) is 0 Å². The number of aliphatic carboxylic acids is 1. The maximum Gasteiger partial charge on any atom is 0.322 e. The van der Waals surface area contributed by atoms with Crippen LogP contribution in [0.4, 0.5) is 0 Å². The number of rotatable bonds is 4. The second-order valence-corrected chi connectivity index (χ2v) is 5.64. The van der Waals surface area contributed by atoms with Gasteiger partial charge in [0.25, 0.3) is 0 Å². The molecular weight excluding hydrogens is 260 g/mol. The van der Waals surface area contributed by atoms with Crippen molar-refractivity contribution < 1.29 is 19.5 Å². The van der Waals surface area contributed by atoms with Gasteiger partial charge in [-0.25, -0.2) is 0 Å². The topological polar surface area (TPSA) is 86.7 Å². The molecule has 2 atom stereocenters. The van der Waals surface area contributed by atoms with Crippen LogP contribution in [0.15, 0.2) is 0 Å². The Balaban J connectivity index is 1.98. The minimum atomic E-state index is -1.06. The van der Waals surface area contributed by atoms with E-state index in [1.54, 1.807) is 0 Å². The molecule has 2 N–H and O–H groups in total. The molecule has 0 unspecified atom stereocenters. The normalized spacial score (nSPS) is 26.3. The van der Waals surface area contributed by atoms with E-state index in [1.165, 1.54) is 0 Å². The molecule has 1 saturated carbocycles. The van der Waals surface area contributed by atoms with Crippen molar-refractivity contribution in [2.24, 2.45) is 11.8 Å². The number of carbonyl (C=O) groups excluding carboxylic acids is 2. The summed E-state index contributed by atoms with van der Waals surface area (Å²) in [6.45, 7) is 1.21. The van der Waals surface area contributed by atoms with E-state index in [2.05, 4.69) is 5.32 Å². The highest BCUT2D eigenvalue weighted by atomic mass is 16.4. The third kappa shape index (κ3) is 3.49. The zero-order valence-electron chi connectivity index (χ0n) is 11.6. The van der Waals surface area contributed by atoms with Crippen LogP contribution < -0.4 is 5.32 Å². The van der Waals surface area contributed by atoms with E-state index in [1.807, 2.05) is 4.90 Å². The van der Waals surface area contributed by atoms with Gasteiger partial charge in [0.2, 0.25) is 11.8 Å². The quantitative estimate of drug-likeness (QED) is 0.791. The summed E-state index contributed by atoms with van der Waals surface area (Å²) < 4.78 is 0. The number of hydrogen-bond acceptors (Lipinski definition) is 3. The van der Waals surface area contributed by atoms with Crippen LogP contribution in [0.25, 0.3) is 0 Å². The molecule has 2 rings (SSSR count). The molecule has 20 heavy (non-hydrogen) atoms. The molecular formula is C14H22N2O4. The Labute approximate surface area is 118 Å². The van der Waals surface area contributed by atoms with Gasteiger partial charge in [0.1, 0.15) is 6.54 Å². The number of carboxylic acids is 1. The molecule has 2 fully saturated rings. The van der Waals surface area contributed by atoms with Crippen LogP contribution in [0.1, 0.15) is 38.5 Å². The van der Waals surface area contributed by atoms with Gasteiger partial charge in [0, 0.05) is 24.9 Å². The van der Waals surface area contributed by atoms with Crippen molar-refractivity contribution in [3.05, 3.63) is 0 Å². The Hall–Kier alpha value is -1.59. The Bertz CT molecular complexity index is 391. The summed E-state index contributed by atoms with van der Waals surface area (Å²) in [7, 11) is 0. The summed E-state index contributed by atoms with van der Waals surface area (Å²) in [4.78, 5) is 36.9. The summed E-state index contributed by atoms with van der Waals surface area (Å²) in [5.74, 6) is -1.90. The average Bonchev–Trinajstić information content (AvgIpc) is 2.98. The van der Waals surface area contributed by atoms with Gasteiger partial charge in [-0.05, 0) is 25.7 Å². The Morgan fingerprint density at radius 1 is 1.00 bits per heavy atom. The molecule has 0 aromatic carbocycles. The lowest BCUT2D eigenvalue weighted by Crippen LogP contribution is -2.45. The SMILES string of the molecule is O=C(O)CNC(=O)[C@H]1CCCC[C@@H]1C(=O)N1CCCC1. The van der Waals surface area contributed by atoms with Gasteiger partial charge >= 0.3 is 5.97 Å². The number of carboxylic acid groups (broad SMARTS) is 1. The molecule has 6 heteroatoms.